The van der Waals surface area contributed by atoms with Crippen LogP contribution in [0.5, 0.6) is 5.75 Å². The Morgan fingerprint density at radius 1 is 1.52 bits per heavy atom. The lowest BCUT2D eigenvalue weighted by Crippen LogP contribution is -2.57. The lowest BCUT2D eigenvalue weighted by molar-refractivity contribution is -0.141. The number of benzene rings is 1. The number of morpholine rings is 1. The summed E-state index contributed by atoms with van der Waals surface area (Å²) >= 11 is 0. The molecule has 2 unspecified atom stereocenters. The Morgan fingerprint density at radius 2 is 2.29 bits per heavy atom. The van der Waals surface area contributed by atoms with Gasteiger partial charge in [0.25, 0.3) is 0 Å². The second kappa shape index (κ2) is 6.73. The third kappa shape index (κ3) is 3.54. The second-order valence-corrected chi connectivity index (χ2v) is 5.84. The van der Waals surface area contributed by atoms with Gasteiger partial charge in [-0.15, -0.1) is 0 Å². The van der Waals surface area contributed by atoms with Crippen LogP contribution in [0, 0.1) is 11.7 Å². The van der Waals surface area contributed by atoms with Crippen molar-refractivity contribution in [2.75, 3.05) is 26.8 Å². The minimum Gasteiger partial charge on any atom is -0.496 e. The Morgan fingerprint density at radius 3 is 2.86 bits per heavy atom. The van der Waals surface area contributed by atoms with Gasteiger partial charge in [0, 0.05) is 19.5 Å². The molecule has 0 aromatic heterocycles. The third-order valence-electron chi connectivity index (χ3n) is 4.20. The van der Waals surface area contributed by atoms with Gasteiger partial charge in [0.05, 0.1) is 25.4 Å². The maximum Gasteiger partial charge on any atom is 0.123 e. The fraction of sp³-hybridized carbons (Fsp3) is 0.625. The van der Waals surface area contributed by atoms with Crippen molar-refractivity contribution >= 4 is 0 Å². The molecule has 4 nitrogen and oxygen atoms in total. The number of ether oxygens (including phenoxy) is 2. The fourth-order valence-corrected chi connectivity index (χ4v) is 2.77. The van der Waals surface area contributed by atoms with Gasteiger partial charge in [0.1, 0.15) is 11.6 Å². The molecule has 1 aliphatic heterocycles. The van der Waals surface area contributed by atoms with Crippen LogP contribution < -0.4 is 10.1 Å². The molecule has 2 N–H and O–H groups in total. The van der Waals surface area contributed by atoms with Crippen LogP contribution in [0.25, 0.3) is 0 Å². The highest BCUT2D eigenvalue weighted by molar-refractivity contribution is 5.35. The zero-order chi connectivity index (χ0) is 15.5. The second-order valence-electron chi connectivity index (χ2n) is 5.84. The van der Waals surface area contributed by atoms with Crippen LogP contribution in [0.3, 0.4) is 0 Å². The summed E-state index contributed by atoms with van der Waals surface area (Å²) in [5.74, 6) is 0.217. The average Bonchev–Trinajstić information content (AvgIpc) is 2.48. The van der Waals surface area contributed by atoms with Crippen LogP contribution in [0.1, 0.15) is 19.4 Å². The van der Waals surface area contributed by atoms with Gasteiger partial charge in [-0.2, -0.15) is 0 Å². The summed E-state index contributed by atoms with van der Waals surface area (Å²) in [6.45, 7) is 5.84. The highest BCUT2D eigenvalue weighted by Gasteiger charge is 2.42. The van der Waals surface area contributed by atoms with Crippen LogP contribution in [-0.2, 0) is 11.2 Å². The van der Waals surface area contributed by atoms with Crippen molar-refractivity contribution in [1.29, 1.82) is 0 Å². The fourth-order valence-electron chi connectivity index (χ4n) is 2.77. The highest BCUT2D eigenvalue weighted by atomic mass is 19.1. The molecule has 0 radical (unpaired) electrons. The van der Waals surface area contributed by atoms with Gasteiger partial charge in [-0.05, 0) is 29.7 Å². The molecule has 1 heterocycles. The lowest BCUT2D eigenvalue weighted by atomic mass is 9.79. The number of methoxy groups -OCH3 is 1. The number of hydrogen-bond donors (Lipinski definition) is 2. The lowest BCUT2D eigenvalue weighted by Gasteiger charge is -2.41. The van der Waals surface area contributed by atoms with Crippen LogP contribution in [-0.4, -0.2) is 43.6 Å². The van der Waals surface area contributed by atoms with Gasteiger partial charge in [-0.3, -0.25) is 0 Å². The first-order valence-corrected chi connectivity index (χ1v) is 7.34. The van der Waals surface area contributed by atoms with Crippen molar-refractivity contribution < 1.29 is 19.0 Å². The molecule has 2 rings (SSSR count). The summed E-state index contributed by atoms with van der Waals surface area (Å²) in [7, 11) is 1.55. The Balaban J connectivity index is 2.29. The standard InChI is InChI=1S/C16H24FNO3/c1-11(2)16(19,15-10-18-6-7-21-15)9-12-8-13(17)4-5-14(12)20-3/h4-5,8,11,15,18-19H,6-7,9-10H2,1-3H3. The van der Waals surface area contributed by atoms with Crippen LogP contribution in [0.15, 0.2) is 18.2 Å². The molecule has 118 valence electrons. The summed E-state index contributed by atoms with van der Waals surface area (Å²) < 4.78 is 24.5. The van der Waals surface area contributed by atoms with E-state index in [4.69, 9.17) is 9.47 Å². The van der Waals surface area contributed by atoms with Crippen molar-refractivity contribution in [3.05, 3.63) is 29.6 Å². The summed E-state index contributed by atoms with van der Waals surface area (Å²) in [4.78, 5) is 0. The van der Waals surface area contributed by atoms with E-state index in [1.165, 1.54) is 12.1 Å². The van der Waals surface area contributed by atoms with Crippen LogP contribution in [0.2, 0.25) is 0 Å². The largest absolute Gasteiger partial charge is 0.496 e. The Labute approximate surface area is 125 Å². The number of halogens is 1. The predicted octanol–water partition coefficient (Wildman–Crippen LogP) is 1.75. The van der Waals surface area contributed by atoms with E-state index in [0.29, 0.717) is 24.5 Å². The van der Waals surface area contributed by atoms with Gasteiger partial charge in [0.2, 0.25) is 0 Å². The Bertz CT molecular complexity index is 475. The van der Waals surface area contributed by atoms with Gasteiger partial charge in [-0.25, -0.2) is 4.39 Å². The molecule has 5 heteroatoms. The normalized spacial score (nSPS) is 22.1. The van der Waals surface area contributed by atoms with Crippen molar-refractivity contribution in [2.45, 2.75) is 32.0 Å². The summed E-state index contributed by atoms with van der Waals surface area (Å²) in [5, 5.41) is 14.4. The molecule has 21 heavy (non-hydrogen) atoms. The molecule has 0 saturated carbocycles. The van der Waals surface area contributed by atoms with Gasteiger partial charge < -0.3 is 19.9 Å². The van der Waals surface area contributed by atoms with Crippen molar-refractivity contribution in [3.63, 3.8) is 0 Å². The zero-order valence-corrected chi connectivity index (χ0v) is 12.9. The van der Waals surface area contributed by atoms with Crippen LogP contribution >= 0.6 is 0 Å². The van der Waals surface area contributed by atoms with Gasteiger partial charge >= 0.3 is 0 Å². The average molecular weight is 297 g/mol. The van der Waals surface area contributed by atoms with E-state index < -0.39 is 5.60 Å². The third-order valence-corrected chi connectivity index (χ3v) is 4.20. The molecular weight excluding hydrogens is 273 g/mol. The smallest absolute Gasteiger partial charge is 0.123 e. The molecule has 1 saturated heterocycles. The summed E-state index contributed by atoms with van der Waals surface area (Å²) in [6, 6.07) is 4.36. The summed E-state index contributed by atoms with van der Waals surface area (Å²) in [5.41, 5.74) is -0.419. The van der Waals surface area contributed by atoms with Gasteiger partial charge in [0.15, 0.2) is 0 Å². The monoisotopic (exact) mass is 297 g/mol. The number of aliphatic hydroxyl groups is 1. The van der Waals surface area contributed by atoms with Crippen LogP contribution in [0.4, 0.5) is 4.39 Å². The number of rotatable bonds is 5. The highest BCUT2D eigenvalue weighted by Crippen LogP contribution is 2.32. The van der Waals surface area contributed by atoms with E-state index in [1.54, 1.807) is 13.2 Å². The SMILES string of the molecule is COc1ccc(F)cc1CC(O)(C(C)C)C1CNCCO1. The van der Waals surface area contributed by atoms with E-state index in [0.717, 1.165) is 6.54 Å². The maximum atomic E-state index is 13.5. The Kier molecular flexibility index (Phi) is 5.19. The van der Waals surface area contributed by atoms with Crippen molar-refractivity contribution in [1.82, 2.24) is 5.32 Å². The zero-order valence-electron chi connectivity index (χ0n) is 12.9. The first-order valence-electron chi connectivity index (χ1n) is 7.34. The van der Waals surface area contributed by atoms with Gasteiger partial charge in [-0.1, -0.05) is 13.8 Å². The first kappa shape index (κ1) is 16.2. The Hall–Kier alpha value is -1.17. The molecule has 2 atom stereocenters. The maximum absolute atomic E-state index is 13.5. The topological polar surface area (TPSA) is 50.7 Å². The molecule has 0 spiro atoms. The molecule has 1 aromatic rings. The van der Waals surface area contributed by atoms with E-state index in [-0.39, 0.29) is 24.3 Å². The first-order chi connectivity index (χ1) is 9.97. The van der Waals surface area contributed by atoms with Crippen molar-refractivity contribution in [3.8, 4) is 5.75 Å². The minimum absolute atomic E-state index is 0.0321. The quantitative estimate of drug-likeness (QED) is 0.869. The summed E-state index contributed by atoms with van der Waals surface area (Å²) in [6.07, 6.45) is -0.0305. The number of nitrogens with one attached hydrogen (secondary N) is 1. The molecule has 1 fully saturated rings. The molecule has 1 aromatic carbocycles. The van der Waals surface area contributed by atoms with Crippen molar-refractivity contribution in [2.24, 2.45) is 5.92 Å². The molecule has 0 aliphatic carbocycles. The molecule has 0 amide bonds. The van der Waals surface area contributed by atoms with E-state index >= 15 is 0 Å². The molecule has 1 aliphatic rings. The minimum atomic E-state index is -1.07. The van der Waals surface area contributed by atoms with E-state index in [2.05, 4.69) is 5.32 Å². The predicted molar refractivity (Wildman–Crippen MR) is 79.1 cm³/mol. The van der Waals surface area contributed by atoms with E-state index in [9.17, 15) is 9.50 Å². The van der Waals surface area contributed by atoms with E-state index in [1.807, 2.05) is 13.8 Å². The molecular formula is C16H24FNO3. The number of hydrogen-bond acceptors (Lipinski definition) is 4. The molecule has 0 bridgehead atoms.